The molecule has 96 valence electrons. The lowest BCUT2D eigenvalue weighted by atomic mass is 10.1. The number of rotatable bonds is 4. The van der Waals surface area contributed by atoms with Crippen LogP contribution in [0.1, 0.15) is 22.1 Å². The zero-order chi connectivity index (χ0) is 13.1. The summed E-state index contributed by atoms with van der Waals surface area (Å²) in [6.45, 7) is 2.00. The highest BCUT2D eigenvalue weighted by atomic mass is 32.1. The van der Waals surface area contributed by atoms with Crippen molar-refractivity contribution < 1.29 is 14.6 Å². The SMILES string of the molecule is COc1ccc(C(O)c2sccc2C)cc1OC. The average Bonchev–Trinajstić information content (AvgIpc) is 2.83. The fourth-order valence-corrected chi connectivity index (χ4v) is 2.78. The lowest BCUT2D eigenvalue weighted by Crippen LogP contribution is -2.00. The molecule has 1 N–H and O–H groups in total. The summed E-state index contributed by atoms with van der Waals surface area (Å²) in [6.07, 6.45) is -0.621. The lowest BCUT2D eigenvalue weighted by Gasteiger charge is -2.14. The van der Waals surface area contributed by atoms with Crippen LogP contribution in [0, 0.1) is 6.92 Å². The monoisotopic (exact) mass is 264 g/mol. The van der Waals surface area contributed by atoms with E-state index in [-0.39, 0.29) is 0 Å². The first kappa shape index (κ1) is 12.9. The minimum absolute atomic E-state index is 0.621. The fourth-order valence-electron chi connectivity index (χ4n) is 1.84. The molecule has 1 unspecified atom stereocenters. The van der Waals surface area contributed by atoms with Crippen molar-refractivity contribution in [1.29, 1.82) is 0 Å². The van der Waals surface area contributed by atoms with Gasteiger partial charge < -0.3 is 14.6 Å². The van der Waals surface area contributed by atoms with E-state index in [1.54, 1.807) is 31.6 Å². The standard InChI is InChI=1S/C14H16O3S/c1-9-6-7-18-14(9)13(15)10-4-5-11(16-2)12(8-10)17-3/h4-8,13,15H,1-3H3. The molecule has 0 bridgehead atoms. The Balaban J connectivity index is 2.37. The van der Waals surface area contributed by atoms with Crippen LogP contribution in [-0.4, -0.2) is 19.3 Å². The van der Waals surface area contributed by atoms with Gasteiger partial charge in [-0.15, -0.1) is 11.3 Å². The molecular weight excluding hydrogens is 248 g/mol. The molecule has 0 aliphatic carbocycles. The van der Waals surface area contributed by atoms with E-state index in [2.05, 4.69) is 0 Å². The molecule has 1 heterocycles. The number of benzene rings is 1. The summed E-state index contributed by atoms with van der Waals surface area (Å²) in [4.78, 5) is 0.960. The summed E-state index contributed by atoms with van der Waals surface area (Å²) >= 11 is 1.55. The summed E-state index contributed by atoms with van der Waals surface area (Å²) in [5.41, 5.74) is 1.90. The topological polar surface area (TPSA) is 38.7 Å². The molecule has 2 aromatic rings. The smallest absolute Gasteiger partial charge is 0.161 e. The summed E-state index contributed by atoms with van der Waals surface area (Å²) in [5, 5.41) is 12.3. The van der Waals surface area contributed by atoms with Crippen LogP contribution in [0.2, 0.25) is 0 Å². The number of aryl methyl sites for hydroxylation is 1. The van der Waals surface area contributed by atoms with Crippen LogP contribution in [0.15, 0.2) is 29.6 Å². The van der Waals surface area contributed by atoms with E-state index >= 15 is 0 Å². The van der Waals surface area contributed by atoms with E-state index in [9.17, 15) is 5.11 Å². The summed E-state index contributed by atoms with van der Waals surface area (Å²) < 4.78 is 10.4. The molecule has 3 nitrogen and oxygen atoms in total. The second-order valence-electron chi connectivity index (χ2n) is 3.98. The van der Waals surface area contributed by atoms with E-state index in [4.69, 9.17) is 9.47 Å². The van der Waals surface area contributed by atoms with Crippen LogP contribution in [0.5, 0.6) is 11.5 Å². The van der Waals surface area contributed by atoms with Gasteiger partial charge in [0.25, 0.3) is 0 Å². The molecule has 2 rings (SSSR count). The number of thiophene rings is 1. The van der Waals surface area contributed by atoms with Gasteiger partial charge in [-0.2, -0.15) is 0 Å². The number of methoxy groups -OCH3 is 2. The fraction of sp³-hybridized carbons (Fsp3) is 0.286. The van der Waals surface area contributed by atoms with Crippen LogP contribution < -0.4 is 9.47 Å². The summed E-state index contributed by atoms with van der Waals surface area (Å²) in [5.74, 6) is 1.29. The molecular formula is C14H16O3S. The molecule has 18 heavy (non-hydrogen) atoms. The lowest BCUT2D eigenvalue weighted by molar-refractivity contribution is 0.222. The van der Waals surface area contributed by atoms with Crippen molar-refractivity contribution in [1.82, 2.24) is 0 Å². The zero-order valence-electron chi connectivity index (χ0n) is 10.6. The van der Waals surface area contributed by atoms with E-state index in [1.807, 2.05) is 30.5 Å². The van der Waals surface area contributed by atoms with E-state index in [1.165, 1.54) is 0 Å². The summed E-state index contributed by atoms with van der Waals surface area (Å²) in [6, 6.07) is 7.47. The highest BCUT2D eigenvalue weighted by molar-refractivity contribution is 7.10. The van der Waals surface area contributed by atoms with Crippen molar-refractivity contribution in [3.63, 3.8) is 0 Å². The quantitative estimate of drug-likeness (QED) is 0.922. The van der Waals surface area contributed by atoms with Crippen LogP contribution >= 0.6 is 11.3 Å². The average molecular weight is 264 g/mol. The molecule has 0 fully saturated rings. The molecule has 0 aliphatic heterocycles. The first-order chi connectivity index (χ1) is 8.67. The zero-order valence-corrected chi connectivity index (χ0v) is 11.5. The van der Waals surface area contributed by atoms with E-state index in [0.717, 1.165) is 16.0 Å². The van der Waals surface area contributed by atoms with Crippen molar-refractivity contribution in [3.8, 4) is 11.5 Å². The highest BCUT2D eigenvalue weighted by Gasteiger charge is 2.16. The van der Waals surface area contributed by atoms with Gasteiger partial charge in [-0.3, -0.25) is 0 Å². The third-order valence-corrected chi connectivity index (χ3v) is 3.94. The Hall–Kier alpha value is -1.52. The molecule has 0 radical (unpaired) electrons. The van der Waals surface area contributed by atoms with Gasteiger partial charge in [-0.05, 0) is 41.6 Å². The predicted octanol–water partition coefficient (Wildman–Crippen LogP) is 3.16. The number of aliphatic hydroxyl groups excluding tert-OH is 1. The number of hydrogen-bond donors (Lipinski definition) is 1. The van der Waals surface area contributed by atoms with Crippen molar-refractivity contribution in [3.05, 3.63) is 45.6 Å². The number of ether oxygens (including phenoxy) is 2. The van der Waals surface area contributed by atoms with Crippen molar-refractivity contribution >= 4 is 11.3 Å². The molecule has 0 amide bonds. The Morgan fingerprint density at radius 1 is 1.11 bits per heavy atom. The van der Waals surface area contributed by atoms with E-state index in [0.29, 0.717) is 11.5 Å². The molecule has 1 atom stereocenters. The van der Waals surface area contributed by atoms with Gasteiger partial charge >= 0.3 is 0 Å². The van der Waals surface area contributed by atoms with Gasteiger partial charge in [-0.1, -0.05) is 6.07 Å². The normalized spacial score (nSPS) is 12.2. The van der Waals surface area contributed by atoms with Gasteiger partial charge in [0.15, 0.2) is 11.5 Å². The third kappa shape index (κ3) is 2.35. The first-order valence-corrected chi connectivity index (χ1v) is 6.49. The molecule has 1 aromatic heterocycles. The molecule has 1 aromatic carbocycles. The maximum Gasteiger partial charge on any atom is 0.161 e. The van der Waals surface area contributed by atoms with Crippen LogP contribution in [-0.2, 0) is 0 Å². The Morgan fingerprint density at radius 3 is 2.39 bits per heavy atom. The Bertz CT molecular complexity index is 534. The van der Waals surface area contributed by atoms with Crippen LogP contribution in [0.3, 0.4) is 0 Å². The van der Waals surface area contributed by atoms with Gasteiger partial charge in [-0.25, -0.2) is 0 Å². The minimum atomic E-state index is -0.621. The largest absolute Gasteiger partial charge is 0.493 e. The molecule has 0 saturated heterocycles. The molecule has 0 spiro atoms. The maximum atomic E-state index is 10.4. The summed E-state index contributed by atoms with van der Waals surface area (Å²) in [7, 11) is 3.18. The van der Waals surface area contributed by atoms with Crippen LogP contribution in [0.4, 0.5) is 0 Å². The first-order valence-electron chi connectivity index (χ1n) is 5.61. The molecule has 0 saturated carbocycles. The van der Waals surface area contributed by atoms with Gasteiger partial charge in [0.2, 0.25) is 0 Å². The van der Waals surface area contributed by atoms with E-state index < -0.39 is 6.10 Å². The highest BCUT2D eigenvalue weighted by Crippen LogP contribution is 2.34. The number of hydrogen-bond acceptors (Lipinski definition) is 4. The second kappa shape index (κ2) is 5.42. The number of aliphatic hydroxyl groups is 1. The van der Waals surface area contributed by atoms with Crippen molar-refractivity contribution in [2.24, 2.45) is 0 Å². The van der Waals surface area contributed by atoms with Crippen molar-refractivity contribution in [2.45, 2.75) is 13.0 Å². The Morgan fingerprint density at radius 2 is 1.83 bits per heavy atom. The predicted molar refractivity (Wildman–Crippen MR) is 72.7 cm³/mol. The molecule has 4 heteroatoms. The minimum Gasteiger partial charge on any atom is -0.493 e. The third-order valence-electron chi connectivity index (χ3n) is 2.87. The van der Waals surface area contributed by atoms with Crippen LogP contribution in [0.25, 0.3) is 0 Å². The van der Waals surface area contributed by atoms with Gasteiger partial charge in [0, 0.05) is 4.88 Å². The maximum absolute atomic E-state index is 10.4. The Labute approximate surface area is 111 Å². The van der Waals surface area contributed by atoms with Gasteiger partial charge in [0.05, 0.1) is 14.2 Å². The van der Waals surface area contributed by atoms with Crippen molar-refractivity contribution in [2.75, 3.05) is 14.2 Å². The second-order valence-corrected chi connectivity index (χ2v) is 4.93. The van der Waals surface area contributed by atoms with Gasteiger partial charge in [0.1, 0.15) is 6.10 Å². The molecule has 0 aliphatic rings. The Kier molecular flexibility index (Phi) is 3.89.